The molecule has 1 fully saturated rings. The quantitative estimate of drug-likeness (QED) is 0.634. The third-order valence-corrected chi connectivity index (χ3v) is 8.04. The van der Waals surface area contributed by atoms with E-state index in [4.69, 9.17) is 4.74 Å². The highest BCUT2D eigenvalue weighted by Crippen LogP contribution is 2.28. The first kappa shape index (κ1) is 23.4. The number of nitrogens with zero attached hydrogens (tertiary/aromatic N) is 1. The minimum atomic E-state index is -3.84. The van der Waals surface area contributed by atoms with Gasteiger partial charge in [0, 0.05) is 11.4 Å². The SMILES string of the molecule is Cc1cc(C)c(S(=O)(=O)N2CCCO[C@@H]2CNC(=O)C(=O)NCc2cccs2)c(C)c1. The zero-order valence-electron chi connectivity index (χ0n) is 17.8. The molecule has 1 aliphatic heterocycles. The molecule has 0 unspecified atom stereocenters. The molecular weight excluding hydrogens is 438 g/mol. The second-order valence-corrected chi connectivity index (χ2v) is 10.4. The standard InChI is InChI=1S/C21H27N3O5S2/c1-14-10-15(2)19(16(3)11-14)31(27,28)24-7-5-8-29-18(24)13-23-21(26)20(25)22-12-17-6-4-9-30-17/h4,6,9-11,18H,5,7-8,12-13H2,1-3H3,(H,22,25)(H,23,26)/t18-/m1/s1. The van der Waals surface area contributed by atoms with Gasteiger partial charge in [-0.25, -0.2) is 8.42 Å². The zero-order chi connectivity index (χ0) is 22.6. The molecule has 31 heavy (non-hydrogen) atoms. The summed E-state index contributed by atoms with van der Waals surface area (Å²) in [6.45, 7) is 6.26. The highest BCUT2D eigenvalue weighted by molar-refractivity contribution is 7.89. The number of ether oxygens (including phenoxy) is 1. The van der Waals surface area contributed by atoms with Crippen LogP contribution in [0.2, 0.25) is 0 Å². The Kier molecular flexibility index (Phi) is 7.47. The number of aryl methyl sites for hydroxylation is 3. The van der Waals surface area contributed by atoms with Crippen molar-refractivity contribution in [2.75, 3.05) is 19.7 Å². The van der Waals surface area contributed by atoms with Gasteiger partial charge in [0.2, 0.25) is 10.0 Å². The second-order valence-electron chi connectivity index (χ2n) is 7.49. The first-order chi connectivity index (χ1) is 14.7. The maximum absolute atomic E-state index is 13.4. The molecule has 1 aliphatic rings. The Morgan fingerprint density at radius 2 is 1.84 bits per heavy atom. The van der Waals surface area contributed by atoms with Crippen molar-refractivity contribution in [3.63, 3.8) is 0 Å². The van der Waals surface area contributed by atoms with E-state index in [2.05, 4.69) is 10.6 Å². The third-order valence-electron chi connectivity index (χ3n) is 4.97. The van der Waals surface area contributed by atoms with Crippen LogP contribution in [0.15, 0.2) is 34.5 Å². The predicted molar refractivity (Wildman–Crippen MR) is 118 cm³/mol. The Morgan fingerprint density at radius 1 is 1.16 bits per heavy atom. The van der Waals surface area contributed by atoms with Gasteiger partial charge in [-0.3, -0.25) is 9.59 Å². The second kappa shape index (κ2) is 9.90. The van der Waals surface area contributed by atoms with Crippen LogP contribution in [0.4, 0.5) is 0 Å². The van der Waals surface area contributed by atoms with Crippen molar-refractivity contribution >= 4 is 33.2 Å². The molecule has 2 N–H and O–H groups in total. The van der Waals surface area contributed by atoms with Gasteiger partial charge in [-0.2, -0.15) is 4.31 Å². The van der Waals surface area contributed by atoms with Crippen molar-refractivity contribution in [2.24, 2.45) is 0 Å². The molecule has 1 saturated heterocycles. The molecule has 2 amide bonds. The van der Waals surface area contributed by atoms with Gasteiger partial charge >= 0.3 is 11.8 Å². The molecular formula is C21H27N3O5S2. The fraction of sp³-hybridized carbons (Fsp3) is 0.429. The highest BCUT2D eigenvalue weighted by Gasteiger charge is 2.36. The van der Waals surface area contributed by atoms with Crippen molar-refractivity contribution in [1.29, 1.82) is 0 Å². The lowest BCUT2D eigenvalue weighted by Gasteiger charge is -2.35. The van der Waals surface area contributed by atoms with E-state index in [-0.39, 0.29) is 24.5 Å². The molecule has 168 valence electrons. The molecule has 1 aromatic carbocycles. The lowest BCUT2D eigenvalue weighted by Crippen LogP contribution is -2.53. The van der Waals surface area contributed by atoms with E-state index in [1.807, 2.05) is 36.6 Å². The third kappa shape index (κ3) is 5.51. The number of hydrogen-bond acceptors (Lipinski definition) is 6. The summed E-state index contributed by atoms with van der Waals surface area (Å²) in [6, 6.07) is 7.38. The molecule has 2 heterocycles. The monoisotopic (exact) mass is 465 g/mol. The maximum Gasteiger partial charge on any atom is 0.309 e. The van der Waals surface area contributed by atoms with Gasteiger partial charge in [-0.1, -0.05) is 23.8 Å². The molecule has 0 saturated carbocycles. The normalized spacial score (nSPS) is 17.3. The number of nitrogens with one attached hydrogen (secondary N) is 2. The van der Waals surface area contributed by atoms with Crippen LogP contribution in [0.5, 0.6) is 0 Å². The first-order valence-corrected chi connectivity index (χ1v) is 12.3. The van der Waals surface area contributed by atoms with E-state index in [0.29, 0.717) is 24.2 Å². The molecule has 0 aliphatic carbocycles. The van der Waals surface area contributed by atoms with Crippen molar-refractivity contribution in [1.82, 2.24) is 14.9 Å². The Hall–Kier alpha value is -2.27. The van der Waals surface area contributed by atoms with Crippen LogP contribution in [0, 0.1) is 20.8 Å². The molecule has 1 atom stereocenters. The molecule has 0 bridgehead atoms. The number of thiophene rings is 1. The lowest BCUT2D eigenvalue weighted by molar-refractivity contribution is -0.140. The van der Waals surface area contributed by atoms with Gasteiger partial charge in [0.1, 0.15) is 6.23 Å². The van der Waals surface area contributed by atoms with Crippen LogP contribution in [0.3, 0.4) is 0 Å². The van der Waals surface area contributed by atoms with Crippen LogP contribution in [0.1, 0.15) is 28.0 Å². The number of carbonyl (C=O) groups excluding carboxylic acids is 2. The summed E-state index contributed by atoms with van der Waals surface area (Å²) in [7, 11) is -3.84. The molecule has 0 spiro atoms. The number of carbonyl (C=O) groups is 2. The topological polar surface area (TPSA) is 105 Å². The molecule has 3 rings (SSSR count). The van der Waals surface area contributed by atoms with E-state index in [0.717, 1.165) is 10.4 Å². The van der Waals surface area contributed by atoms with Gasteiger partial charge in [0.25, 0.3) is 0 Å². The maximum atomic E-state index is 13.4. The molecule has 10 heteroatoms. The molecule has 2 aromatic rings. The van der Waals surface area contributed by atoms with Gasteiger partial charge in [0.15, 0.2) is 0 Å². The summed E-state index contributed by atoms with van der Waals surface area (Å²) >= 11 is 1.48. The number of rotatable bonds is 6. The van der Waals surface area contributed by atoms with E-state index in [1.165, 1.54) is 15.6 Å². The van der Waals surface area contributed by atoms with Crippen LogP contribution in [-0.4, -0.2) is 50.5 Å². The number of benzene rings is 1. The van der Waals surface area contributed by atoms with Crippen molar-refractivity contribution in [2.45, 2.75) is 44.9 Å². The number of sulfonamides is 1. The predicted octanol–water partition coefficient (Wildman–Crippen LogP) is 1.84. The van der Waals surface area contributed by atoms with Gasteiger partial charge in [-0.15, -0.1) is 11.3 Å². The summed E-state index contributed by atoms with van der Waals surface area (Å²) in [5.74, 6) is -1.60. The van der Waals surface area contributed by atoms with Gasteiger partial charge < -0.3 is 15.4 Å². The first-order valence-electron chi connectivity index (χ1n) is 10.00. The fourth-order valence-corrected chi connectivity index (χ4v) is 6.34. The van der Waals surface area contributed by atoms with Crippen molar-refractivity contribution in [3.05, 3.63) is 51.2 Å². The Balaban J connectivity index is 1.68. The summed E-state index contributed by atoms with van der Waals surface area (Å²) in [5.41, 5.74) is 2.32. The molecule has 1 aromatic heterocycles. The van der Waals surface area contributed by atoms with Gasteiger partial charge in [0.05, 0.1) is 24.6 Å². The van der Waals surface area contributed by atoms with Crippen LogP contribution < -0.4 is 10.6 Å². The zero-order valence-corrected chi connectivity index (χ0v) is 19.4. The molecule has 0 radical (unpaired) electrons. The van der Waals surface area contributed by atoms with Crippen LogP contribution in [0.25, 0.3) is 0 Å². The van der Waals surface area contributed by atoms with E-state index in [1.54, 1.807) is 13.8 Å². The average molecular weight is 466 g/mol. The fourth-order valence-electron chi connectivity index (χ4n) is 3.71. The van der Waals surface area contributed by atoms with E-state index < -0.39 is 28.1 Å². The summed E-state index contributed by atoms with van der Waals surface area (Å²) in [4.78, 5) is 25.4. The highest BCUT2D eigenvalue weighted by atomic mass is 32.2. The summed E-state index contributed by atoms with van der Waals surface area (Å²) in [5, 5.41) is 6.93. The molecule has 8 nitrogen and oxygen atoms in total. The van der Waals surface area contributed by atoms with Gasteiger partial charge in [-0.05, 0) is 49.8 Å². The lowest BCUT2D eigenvalue weighted by atomic mass is 10.1. The van der Waals surface area contributed by atoms with E-state index >= 15 is 0 Å². The van der Waals surface area contributed by atoms with Crippen LogP contribution >= 0.6 is 11.3 Å². The Bertz CT molecular complexity index is 1030. The van der Waals surface area contributed by atoms with Crippen LogP contribution in [-0.2, 0) is 30.9 Å². The minimum absolute atomic E-state index is 0.117. The average Bonchev–Trinajstić information content (AvgIpc) is 3.23. The summed E-state index contributed by atoms with van der Waals surface area (Å²) < 4.78 is 33.8. The largest absolute Gasteiger partial charge is 0.360 e. The smallest absolute Gasteiger partial charge is 0.309 e. The number of amides is 2. The van der Waals surface area contributed by atoms with Crippen molar-refractivity contribution in [3.8, 4) is 0 Å². The Morgan fingerprint density at radius 3 is 2.48 bits per heavy atom. The Labute approximate surface area is 186 Å². The number of hydrogen-bond donors (Lipinski definition) is 2. The van der Waals surface area contributed by atoms with Crippen molar-refractivity contribution < 1.29 is 22.7 Å². The van der Waals surface area contributed by atoms with E-state index in [9.17, 15) is 18.0 Å². The minimum Gasteiger partial charge on any atom is -0.360 e. The summed E-state index contributed by atoms with van der Waals surface area (Å²) in [6.07, 6.45) is -0.331.